The van der Waals surface area contributed by atoms with Crippen LogP contribution < -0.4 is 5.32 Å². The molecule has 5 nitrogen and oxygen atoms in total. The second kappa shape index (κ2) is 7.42. The van der Waals surface area contributed by atoms with Crippen LogP contribution in [0.3, 0.4) is 0 Å². The predicted octanol–water partition coefficient (Wildman–Crippen LogP) is 2.22. The number of benzene rings is 1. The largest absolute Gasteiger partial charge is 0.356 e. The Morgan fingerprint density at radius 3 is 2.91 bits per heavy atom. The average molecular weight is 312 g/mol. The first kappa shape index (κ1) is 15.7. The number of nitrogens with zero attached hydrogens (tertiary/aromatic N) is 3. The van der Waals surface area contributed by atoms with Gasteiger partial charge in [-0.1, -0.05) is 25.1 Å². The number of carbonyl (C=O) groups excluding carboxylic acids is 1. The van der Waals surface area contributed by atoms with E-state index in [-0.39, 0.29) is 5.91 Å². The monoisotopic (exact) mass is 312 g/mol. The average Bonchev–Trinajstić information content (AvgIpc) is 3.23. The molecule has 1 saturated heterocycles. The molecule has 1 aromatic carbocycles. The summed E-state index contributed by atoms with van der Waals surface area (Å²) in [5, 5.41) is 7.46. The molecule has 2 heterocycles. The van der Waals surface area contributed by atoms with Crippen LogP contribution >= 0.6 is 0 Å². The SMILES string of the molecule is CCC(=O)NC[C@@H]1CCN(Cc2ccnn2-c2ccccc2)C1. The summed E-state index contributed by atoms with van der Waals surface area (Å²) in [5.41, 5.74) is 2.30. The van der Waals surface area contributed by atoms with E-state index in [1.54, 1.807) is 0 Å². The van der Waals surface area contributed by atoms with E-state index >= 15 is 0 Å². The summed E-state index contributed by atoms with van der Waals surface area (Å²) in [6, 6.07) is 12.3. The number of likely N-dealkylation sites (tertiary alicyclic amines) is 1. The molecule has 2 aromatic rings. The molecular formula is C18H24N4O. The number of amides is 1. The van der Waals surface area contributed by atoms with Crippen LogP contribution in [0.25, 0.3) is 5.69 Å². The zero-order chi connectivity index (χ0) is 16.1. The smallest absolute Gasteiger partial charge is 0.219 e. The lowest BCUT2D eigenvalue weighted by Crippen LogP contribution is -2.30. The third kappa shape index (κ3) is 3.99. The molecular weight excluding hydrogens is 288 g/mol. The Morgan fingerprint density at radius 1 is 1.30 bits per heavy atom. The first-order valence-corrected chi connectivity index (χ1v) is 8.33. The highest BCUT2D eigenvalue weighted by Gasteiger charge is 2.23. The van der Waals surface area contributed by atoms with Crippen LogP contribution in [0.5, 0.6) is 0 Å². The Morgan fingerprint density at radius 2 is 2.13 bits per heavy atom. The fourth-order valence-corrected chi connectivity index (χ4v) is 3.09. The number of hydrogen-bond acceptors (Lipinski definition) is 3. The molecule has 0 spiro atoms. The summed E-state index contributed by atoms with van der Waals surface area (Å²) in [5.74, 6) is 0.698. The van der Waals surface area contributed by atoms with Crippen LogP contribution in [0, 0.1) is 5.92 Å². The maximum Gasteiger partial charge on any atom is 0.219 e. The lowest BCUT2D eigenvalue weighted by Gasteiger charge is -2.17. The summed E-state index contributed by atoms with van der Waals surface area (Å²) in [7, 11) is 0. The van der Waals surface area contributed by atoms with Gasteiger partial charge in [0.05, 0.1) is 11.4 Å². The molecule has 0 bridgehead atoms. The number of para-hydroxylation sites is 1. The third-order valence-corrected chi connectivity index (χ3v) is 4.39. The first-order valence-electron chi connectivity index (χ1n) is 8.33. The van der Waals surface area contributed by atoms with E-state index in [0.29, 0.717) is 12.3 Å². The van der Waals surface area contributed by atoms with Crippen LogP contribution in [-0.4, -0.2) is 40.2 Å². The maximum atomic E-state index is 11.4. The molecule has 1 aromatic heterocycles. The van der Waals surface area contributed by atoms with Gasteiger partial charge in [-0.25, -0.2) is 4.68 Å². The molecule has 0 radical (unpaired) electrons. The lowest BCUT2D eigenvalue weighted by atomic mass is 10.1. The van der Waals surface area contributed by atoms with Gasteiger partial charge in [-0.3, -0.25) is 9.69 Å². The molecule has 23 heavy (non-hydrogen) atoms. The summed E-state index contributed by atoms with van der Waals surface area (Å²) in [6.07, 6.45) is 3.56. The molecule has 1 atom stereocenters. The molecule has 1 N–H and O–H groups in total. The quantitative estimate of drug-likeness (QED) is 0.890. The predicted molar refractivity (Wildman–Crippen MR) is 90.2 cm³/mol. The van der Waals surface area contributed by atoms with E-state index in [1.165, 1.54) is 5.69 Å². The van der Waals surface area contributed by atoms with Crippen LogP contribution in [0.2, 0.25) is 0 Å². The van der Waals surface area contributed by atoms with Crippen molar-refractivity contribution in [3.8, 4) is 5.69 Å². The van der Waals surface area contributed by atoms with Crippen molar-refractivity contribution in [2.24, 2.45) is 5.92 Å². The first-order chi connectivity index (χ1) is 11.3. The van der Waals surface area contributed by atoms with Crippen molar-refractivity contribution in [3.05, 3.63) is 48.3 Å². The highest BCUT2D eigenvalue weighted by molar-refractivity contribution is 5.75. The summed E-state index contributed by atoms with van der Waals surface area (Å²) in [6.45, 7) is 5.69. The number of rotatable bonds is 6. The summed E-state index contributed by atoms with van der Waals surface area (Å²) < 4.78 is 2.01. The van der Waals surface area contributed by atoms with Crippen molar-refractivity contribution >= 4 is 5.91 Å². The highest BCUT2D eigenvalue weighted by Crippen LogP contribution is 2.19. The summed E-state index contributed by atoms with van der Waals surface area (Å²) >= 11 is 0. The zero-order valence-electron chi connectivity index (χ0n) is 13.6. The van der Waals surface area contributed by atoms with Crippen molar-refractivity contribution in [1.29, 1.82) is 0 Å². The van der Waals surface area contributed by atoms with Crippen LogP contribution in [0.4, 0.5) is 0 Å². The van der Waals surface area contributed by atoms with Gasteiger partial charge in [0.15, 0.2) is 0 Å². The van der Waals surface area contributed by atoms with Crippen molar-refractivity contribution in [3.63, 3.8) is 0 Å². The lowest BCUT2D eigenvalue weighted by molar-refractivity contribution is -0.120. The molecule has 1 aliphatic heterocycles. The van der Waals surface area contributed by atoms with Gasteiger partial charge in [0.1, 0.15) is 0 Å². The third-order valence-electron chi connectivity index (χ3n) is 4.39. The molecule has 1 aliphatic rings. The van der Waals surface area contributed by atoms with E-state index in [4.69, 9.17) is 0 Å². The van der Waals surface area contributed by atoms with E-state index < -0.39 is 0 Å². The molecule has 1 amide bonds. The Labute approximate surface area is 137 Å². The van der Waals surface area contributed by atoms with E-state index in [2.05, 4.69) is 33.5 Å². The van der Waals surface area contributed by atoms with Crippen molar-refractivity contribution < 1.29 is 4.79 Å². The standard InChI is InChI=1S/C18H24N4O/c1-2-18(23)19-12-15-9-11-21(13-15)14-17-8-10-20-22(17)16-6-4-3-5-7-16/h3-8,10,15H,2,9,11-14H2,1H3,(H,19,23)/t15-/m0/s1. The minimum atomic E-state index is 0.144. The normalized spacial score (nSPS) is 18.2. The van der Waals surface area contributed by atoms with Crippen molar-refractivity contribution in [1.82, 2.24) is 20.0 Å². The molecule has 0 unspecified atom stereocenters. The topological polar surface area (TPSA) is 50.2 Å². The fourth-order valence-electron chi connectivity index (χ4n) is 3.09. The van der Waals surface area contributed by atoms with Crippen LogP contribution in [0.15, 0.2) is 42.6 Å². The van der Waals surface area contributed by atoms with Gasteiger partial charge in [-0.2, -0.15) is 5.10 Å². The van der Waals surface area contributed by atoms with Gasteiger partial charge >= 0.3 is 0 Å². The minimum Gasteiger partial charge on any atom is -0.356 e. The van der Waals surface area contributed by atoms with Gasteiger partial charge < -0.3 is 5.32 Å². The second-order valence-electron chi connectivity index (χ2n) is 6.12. The number of carbonyl (C=O) groups is 1. The zero-order valence-corrected chi connectivity index (χ0v) is 13.6. The number of nitrogens with one attached hydrogen (secondary N) is 1. The van der Waals surface area contributed by atoms with Crippen LogP contribution in [0.1, 0.15) is 25.5 Å². The molecule has 122 valence electrons. The molecule has 3 rings (SSSR count). The Kier molecular flexibility index (Phi) is 5.08. The molecule has 0 aliphatic carbocycles. The summed E-state index contributed by atoms with van der Waals surface area (Å²) in [4.78, 5) is 13.8. The van der Waals surface area contributed by atoms with Crippen molar-refractivity contribution in [2.45, 2.75) is 26.3 Å². The second-order valence-corrected chi connectivity index (χ2v) is 6.12. The highest BCUT2D eigenvalue weighted by atomic mass is 16.1. The van der Waals surface area contributed by atoms with Gasteiger partial charge in [0.2, 0.25) is 5.91 Å². The van der Waals surface area contributed by atoms with E-state index in [9.17, 15) is 4.79 Å². The number of hydrogen-bond donors (Lipinski definition) is 1. The van der Waals surface area contributed by atoms with Gasteiger partial charge in [0.25, 0.3) is 0 Å². The fraction of sp³-hybridized carbons (Fsp3) is 0.444. The van der Waals surface area contributed by atoms with Gasteiger partial charge in [-0.05, 0) is 37.1 Å². The molecule has 5 heteroatoms. The Bertz CT molecular complexity index is 637. The van der Waals surface area contributed by atoms with E-state index in [1.807, 2.05) is 36.0 Å². The van der Waals surface area contributed by atoms with Crippen molar-refractivity contribution in [2.75, 3.05) is 19.6 Å². The minimum absolute atomic E-state index is 0.144. The maximum absolute atomic E-state index is 11.4. The molecule has 0 saturated carbocycles. The van der Waals surface area contributed by atoms with Crippen LogP contribution in [-0.2, 0) is 11.3 Å². The van der Waals surface area contributed by atoms with E-state index in [0.717, 1.165) is 38.3 Å². The molecule has 1 fully saturated rings. The Balaban J connectivity index is 1.57. The number of aromatic nitrogens is 2. The van der Waals surface area contributed by atoms with Gasteiger partial charge in [0, 0.05) is 32.3 Å². The van der Waals surface area contributed by atoms with Gasteiger partial charge in [-0.15, -0.1) is 0 Å². The Hall–Kier alpha value is -2.14.